The molecule has 1 saturated heterocycles. The van der Waals surface area contributed by atoms with Crippen molar-refractivity contribution in [2.45, 2.75) is 20.3 Å². The van der Waals surface area contributed by atoms with Gasteiger partial charge in [-0.25, -0.2) is 0 Å². The van der Waals surface area contributed by atoms with Crippen LogP contribution in [0.5, 0.6) is 0 Å². The Hall–Kier alpha value is -0.0200. The molecule has 0 N–H and O–H groups in total. The van der Waals surface area contributed by atoms with Crippen molar-refractivity contribution in [1.82, 2.24) is 0 Å². The number of hydrogen-bond donors (Lipinski definition) is 0. The SMILES string of the molecule is C[Si]1(C)C2=Cc3ccccc3[CH]2[Zr+2][CH]2C1=Cc1ccccc12.[Br-].[Br-]. The second kappa shape index (κ2) is 6.61. The molecule has 2 atom stereocenters. The van der Waals surface area contributed by atoms with Gasteiger partial charge in [-0.05, 0) is 0 Å². The Balaban J connectivity index is 0.000000845. The molecule has 0 aromatic heterocycles. The van der Waals surface area contributed by atoms with E-state index in [2.05, 4.69) is 73.8 Å². The zero-order valence-corrected chi connectivity index (χ0v) is 20.3. The maximum Gasteiger partial charge on any atom is -1.00 e. The van der Waals surface area contributed by atoms with Gasteiger partial charge in [0.25, 0.3) is 0 Å². The molecule has 3 aliphatic rings. The van der Waals surface area contributed by atoms with Gasteiger partial charge >= 0.3 is 145 Å². The van der Waals surface area contributed by atoms with Crippen molar-refractivity contribution in [3.8, 4) is 0 Å². The third-order valence-corrected chi connectivity index (χ3v) is 15.5. The van der Waals surface area contributed by atoms with Gasteiger partial charge in [-0.3, -0.25) is 0 Å². The summed E-state index contributed by atoms with van der Waals surface area (Å²) in [4.78, 5) is 0. The molecule has 0 amide bonds. The molecule has 2 aliphatic carbocycles. The Morgan fingerprint density at radius 3 is 1.58 bits per heavy atom. The molecule has 0 saturated carbocycles. The first-order valence-electron chi connectivity index (χ1n) is 8.04. The Bertz CT molecular complexity index is 800. The number of fused-ring (bicyclic) bond motifs is 6. The molecule has 1 aliphatic heterocycles. The van der Waals surface area contributed by atoms with Crippen molar-refractivity contribution < 1.29 is 57.2 Å². The molecule has 0 radical (unpaired) electrons. The van der Waals surface area contributed by atoms with Crippen molar-refractivity contribution in [2.75, 3.05) is 0 Å². The predicted octanol–water partition coefficient (Wildman–Crippen LogP) is -0.846. The van der Waals surface area contributed by atoms with Crippen LogP contribution in [0.4, 0.5) is 0 Å². The monoisotopic (exact) mass is 534 g/mol. The first kappa shape index (κ1) is 18.8. The molecule has 0 spiro atoms. The van der Waals surface area contributed by atoms with E-state index in [-0.39, 0.29) is 34.0 Å². The largest absolute Gasteiger partial charge is 1.00 e. The van der Waals surface area contributed by atoms with Crippen molar-refractivity contribution in [3.05, 3.63) is 81.2 Å². The average Bonchev–Trinajstić information content (AvgIpc) is 3.08. The van der Waals surface area contributed by atoms with E-state index in [4.69, 9.17) is 0 Å². The van der Waals surface area contributed by atoms with Crippen molar-refractivity contribution in [3.63, 3.8) is 0 Å². The fourth-order valence-corrected chi connectivity index (χ4v) is 18.1. The molecule has 0 nitrogen and oxygen atoms in total. The summed E-state index contributed by atoms with van der Waals surface area (Å²) < 4.78 is 1.66. The summed E-state index contributed by atoms with van der Waals surface area (Å²) in [6.07, 6.45) is 5.13. The zero-order valence-electron chi connectivity index (χ0n) is 13.7. The maximum atomic E-state index is 2.58. The summed E-state index contributed by atoms with van der Waals surface area (Å²) >= 11 is -0.555. The molecule has 1 heterocycles. The van der Waals surface area contributed by atoms with Crippen LogP contribution in [0.2, 0.25) is 13.1 Å². The van der Waals surface area contributed by atoms with E-state index in [1.165, 1.54) is 11.1 Å². The summed E-state index contributed by atoms with van der Waals surface area (Å²) in [6, 6.07) is 18.3. The molecule has 4 heteroatoms. The summed E-state index contributed by atoms with van der Waals surface area (Å²) in [5, 5.41) is 3.66. The average molecular weight is 537 g/mol. The first-order valence-corrected chi connectivity index (χ1v) is 13.9. The smallest absolute Gasteiger partial charge is 1.00 e. The van der Waals surface area contributed by atoms with Gasteiger partial charge in [0.05, 0.1) is 0 Å². The van der Waals surface area contributed by atoms with E-state index in [1.807, 2.05) is 10.4 Å². The zero-order chi connectivity index (χ0) is 14.9. The number of allylic oxidation sites excluding steroid dienone is 2. The standard InChI is InChI=1S/C20H18Si.2BrH.Zr/c1-21(2,19-11-15-7-3-4-8-16(15)12-19)20-13-17-9-5-6-10-18(17)14-20;;;/h3-14H,1-2H3;2*1H;/q;;;+2/p-2. The normalized spacial score (nSPS) is 23.6. The molecular formula is C20H18Br2SiZr. The van der Waals surface area contributed by atoms with Gasteiger partial charge < -0.3 is 34.0 Å². The van der Waals surface area contributed by atoms with Gasteiger partial charge in [-0.15, -0.1) is 0 Å². The van der Waals surface area contributed by atoms with Crippen LogP contribution in [0.3, 0.4) is 0 Å². The van der Waals surface area contributed by atoms with E-state index >= 15 is 0 Å². The fraction of sp³-hybridized carbons (Fsp3) is 0.200. The Kier molecular flexibility index (Phi) is 5.17. The van der Waals surface area contributed by atoms with Crippen LogP contribution in [0.1, 0.15) is 29.5 Å². The molecule has 5 rings (SSSR count). The minimum absolute atomic E-state index is 0. The minimum Gasteiger partial charge on any atom is -1.00 e. The Morgan fingerprint density at radius 2 is 1.12 bits per heavy atom. The molecule has 24 heavy (non-hydrogen) atoms. The van der Waals surface area contributed by atoms with E-state index in [0.29, 0.717) is 0 Å². The molecule has 2 unspecified atom stereocenters. The minimum atomic E-state index is -1.48. The molecule has 2 aromatic carbocycles. The van der Waals surface area contributed by atoms with Gasteiger partial charge in [-0.1, -0.05) is 0 Å². The van der Waals surface area contributed by atoms with Crippen LogP contribution in [0, 0.1) is 0 Å². The summed E-state index contributed by atoms with van der Waals surface area (Å²) in [5.74, 6) is 0. The Morgan fingerprint density at radius 1 is 0.708 bits per heavy atom. The summed E-state index contributed by atoms with van der Waals surface area (Å²) in [6.45, 7) is 5.17. The fourth-order valence-electron chi connectivity index (χ4n) is 4.42. The predicted molar refractivity (Wildman–Crippen MR) is 91.8 cm³/mol. The maximum absolute atomic E-state index is 2.58. The molecule has 120 valence electrons. The second-order valence-electron chi connectivity index (χ2n) is 7.11. The van der Waals surface area contributed by atoms with Crippen LogP contribution in [0.15, 0.2) is 58.9 Å². The van der Waals surface area contributed by atoms with Gasteiger partial charge in [0.15, 0.2) is 0 Å². The van der Waals surface area contributed by atoms with Crippen molar-refractivity contribution in [1.29, 1.82) is 0 Å². The van der Waals surface area contributed by atoms with Crippen molar-refractivity contribution in [2.24, 2.45) is 0 Å². The van der Waals surface area contributed by atoms with Gasteiger partial charge in [0.2, 0.25) is 0 Å². The topological polar surface area (TPSA) is 0 Å². The van der Waals surface area contributed by atoms with Crippen LogP contribution in [0.25, 0.3) is 12.2 Å². The third kappa shape index (κ3) is 2.52. The van der Waals surface area contributed by atoms with Crippen molar-refractivity contribution >= 4 is 20.2 Å². The number of hydrogen-bond acceptors (Lipinski definition) is 0. The van der Waals surface area contributed by atoms with Gasteiger partial charge in [0, 0.05) is 0 Å². The van der Waals surface area contributed by atoms with Gasteiger partial charge in [-0.2, -0.15) is 0 Å². The van der Waals surface area contributed by atoms with Crippen LogP contribution in [-0.2, 0) is 23.2 Å². The Labute approximate surface area is 177 Å². The van der Waals surface area contributed by atoms with E-state index in [0.717, 1.165) is 7.25 Å². The first-order chi connectivity index (χ1) is 10.7. The van der Waals surface area contributed by atoms with Crippen LogP contribution in [-0.4, -0.2) is 8.07 Å². The summed E-state index contributed by atoms with van der Waals surface area (Å²) in [7, 11) is -1.48. The number of rotatable bonds is 0. The molecule has 0 bridgehead atoms. The quantitative estimate of drug-likeness (QED) is 0.385. The van der Waals surface area contributed by atoms with Crippen LogP contribution < -0.4 is 34.0 Å². The second-order valence-corrected chi connectivity index (χ2v) is 15.2. The van der Waals surface area contributed by atoms with Crippen LogP contribution >= 0.6 is 0 Å². The molecule has 1 fully saturated rings. The molecular weight excluding hydrogens is 519 g/mol. The van der Waals surface area contributed by atoms with E-state index < -0.39 is 31.3 Å². The summed E-state index contributed by atoms with van der Waals surface area (Å²) in [5.41, 5.74) is 6.32. The molecule has 2 aromatic rings. The third-order valence-electron chi connectivity index (χ3n) is 5.63. The number of halogens is 2. The van der Waals surface area contributed by atoms with E-state index in [9.17, 15) is 0 Å². The number of benzene rings is 2. The van der Waals surface area contributed by atoms with Gasteiger partial charge in [0.1, 0.15) is 0 Å². The van der Waals surface area contributed by atoms with E-state index in [1.54, 1.807) is 11.1 Å².